The van der Waals surface area contributed by atoms with E-state index >= 15 is 0 Å². The molecule has 0 aliphatic rings. The second-order valence-corrected chi connectivity index (χ2v) is 2.17. The highest BCUT2D eigenvalue weighted by Crippen LogP contribution is 2.08. The van der Waals surface area contributed by atoms with Gasteiger partial charge in [0.2, 0.25) is 0 Å². The molecule has 1 unspecified atom stereocenters. The number of rotatable bonds is 2. The average Bonchev–Trinajstić information content (AvgIpc) is 1.65. The van der Waals surface area contributed by atoms with Crippen LogP contribution < -0.4 is 0 Å². The number of hydrogen-bond donors (Lipinski definition) is 0. The SMILES string of the molecule is CCC([NH-])SC. The molecule has 0 rings (SSSR count). The van der Waals surface area contributed by atoms with Crippen LogP contribution in [0.25, 0.3) is 5.73 Å². The van der Waals surface area contributed by atoms with Crippen LogP contribution in [0.1, 0.15) is 13.3 Å². The van der Waals surface area contributed by atoms with Crippen molar-refractivity contribution >= 4 is 11.8 Å². The summed E-state index contributed by atoms with van der Waals surface area (Å²) in [6.45, 7) is 2.02. The molecule has 0 saturated heterocycles. The third kappa shape index (κ3) is 2.54. The first-order valence-electron chi connectivity index (χ1n) is 2.05. The van der Waals surface area contributed by atoms with Crippen LogP contribution in [0.4, 0.5) is 0 Å². The fourth-order valence-electron chi connectivity index (χ4n) is 0.167. The topological polar surface area (TPSA) is 23.8 Å². The molecule has 0 fully saturated rings. The van der Waals surface area contributed by atoms with Crippen LogP contribution in [0.3, 0.4) is 0 Å². The van der Waals surface area contributed by atoms with E-state index in [-0.39, 0.29) is 5.37 Å². The maximum Gasteiger partial charge on any atom is -0.0199 e. The highest BCUT2D eigenvalue weighted by Gasteiger charge is 1.79. The first-order valence-corrected chi connectivity index (χ1v) is 3.34. The van der Waals surface area contributed by atoms with Gasteiger partial charge in [0, 0.05) is 0 Å². The molecule has 0 spiro atoms. The molecule has 6 heavy (non-hydrogen) atoms. The zero-order valence-electron chi connectivity index (χ0n) is 4.19. The van der Waals surface area contributed by atoms with Gasteiger partial charge in [0.05, 0.1) is 0 Å². The Hall–Kier alpha value is 0.310. The van der Waals surface area contributed by atoms with E-state index in [9.17, 15) is 0 Å². The summed E-state index contributed by atoms with van der Waals surface area (Å²) in [7, 11) is 0. The van der Waals surface area contributed by atoms with Gasteiger partial charge in [0.15, 0.2) is 0 Å². The standard InChI is InChI=1S/C4H10NS/c1-3-4(5)6-2/h4-5H,3H2,1-2H3/q-1. The zero-order chi connectivity index (χ0) is 4.99. The van der Waals surface area contributed by atoms with Crippen molar-refractivity contribution in [3.8, 4) is 0 Å². The van der Waals surface area contributed by atoms with E-state index in [1.54, 1.807) is 11.8 Å². The first kappa shape index (κ1) is 6.31. The first-order chi connectivity index (χ1) is 2.81. The van der Waals surface area contributed by atoms with E-state index in [4.69, 9.17) is 5.73 Å². The molecule has 1 N–H and O–H groups in total. The minimum Gasteiger partial charge on any atom is -0.666 e. The van der Waals surface area contributed by atoms with Gasteiger partial charge >= 0.3 is 0 Å². The van der Waals surface area contributed by atoms with Gasteiger partial charge in [-0.15, -0.1) is 0 Å². The van der Waals surface area contributed by atoms with Crippen molar-refractivity contribution in [2.75, 3.05) is 6.26 Å². The summed E-state index contributed by atoms with van der Waals surface area (Å²) in [6, 6.07) is 0. The van der Waals surface area contributed by atoms with Crippen LogP contribution in [0, 0.1) is 0 Å². The average molecular weight is 104 g/mol. The molecule has 38 valence electrons. The van der Waals surface area contributed by atoms with Gasteiger partial charge in [-0.05, 0) is 6.26 Å². The maximum absolute atomic E-state index is 7.03. The molecule has 1 nitrogen and oxygen atoms in total. The third-order valence-electron chi connectivity index (χ3n) is 0.655. The van der Waals surface area contributed by atoms with Gasteiger partial charge in [-0.1, -0.05) is 18.7 Å². The Labute approximate surface area is 43.3 Å². The molecule has 2 heteroatoms. The Balaban J connectivity index is 2.75. The van der Waals surface area contributed by atoms with E-state index in [0.29, 0.717) is 0 Å². The smallest absolute Gasteiger partial charge is 0.0199 e. The Morgan fingerprint density at radius 3 is 2.33 bits per heavy atom. The molecular weight excluding hydrogens is 94.1 g/mol. The predicted molar refractivity (Wildman–Crippen MR) is 31.9 cm³/mol. The Morgan fingerprint density at radius 2 is 2.33 bits per heavy atom. The van der Waals surface area contributed by atoms with Gasteiger partial charge < -0.3 is 5.73 Å². The summed E-state index contributed by atoms with van der Waals surface area (Å²) in [4.78, 5) is 0. The Kier molecular flexibility index (Phi) is 3.68. The lowest BCUT2D eigenvalue weighted by Gasteiger charge is -2.11. The minimum absolute atomic E-state index is 0.102. The van der Waals surface area contributed by atoms with E-state index in [1.807, 2.05) is 13.2 Å². The van der Waals surface area contributed by atoms with Gasteiger partial charge in [-0.25, -0.2) is 0 Å². The summed E-state index contributed by atoms with van der Waals surface area (Å²) < 4.78 is 0. The van der Waals surface area contributed by atoms with Crippen molar-refractivity contribution < 1.29 is 0 Å². The summed E-state index contributed by atoms with van der Waals surface area (Å²) in [5, 5.41) is 0.102. The van der Waals surface area contributed by atoms with Crippen LogP contribution in [-0.2, 0) is 0 Å². The second-order valence-electron chi connectivity index (χ2n) is 1.13. The van der Waals surface area contributed by atoms with Crippen LogP contribution in [0.15, 0.2) is 0 Å². The lowest BCUT2D eigenvalue weighted by molar-refractivity contribution is 0.984. The minimum atomic E-state index is 0.102. The van der Waals surface area contributed by atoms with E-state index in [2.05, 4.69) is 0 Å². The molecule has 0 aromatic rings. The lowest BCUT2D eigenvalue weighted by Crippen LogP contribution is -1.86. The predicted octanol–water partition coefficient (Wildman–Crippen LogP) is 2.14. The molecule has 0 aromatic heterocycles. The molecule has 0 amide bonds. The van der Waals surface area contributed by atoms with Gasteiger partial charge in [-0.2, -0.15) is 11.8 Å². The lowest BCUT2D eigenvalue weighted by atomic mass is 10.5. The van der Waals surface area contributed by atoms with E-state index < -0.39 is 0 Å². The molecule has 0 bridgehead atoms. The second kappa shape index (κ2) is 3.50. The van der Waals surface area contributed by atoms with Crippen molar-refractivity contribution in [1.82, 2.24) is 0 Å². The van der Waals surface area contributed by atoms with Crippen molar-refractivity contribution in [2.45, 2.75) is 18.7 Å². The third-order valence-corrected chi connectivity index (χ3v) is 1.56. The van der Waals surface area contributed by atoms with Crippen molar-refractivity contribution in [3.63, 3.8) is 0 Å². The van der Waals surface area contributed by atoms with Crippen LogP contribution in [-0.4, -0.2) is 11.6 Å². The highest BCUT2D eigenvalue weighted by molar-refractivity contribution is 7.99. The van der Waals surface area contributed by atoms with E-state index in [0.717, 1.165) is 6.42 Å². The zero-order valence-corrected chi connectivity index (χ0v) is 5.01. The summed E-state index contributed by atoms with van der Waals surface area (Å²) in [6.07, 6.45) is 2.92. The molecule has 0 radical (unpaired) electrons. The van der Waals surface area contributed by atoms with Crippen molar-refractivity contribution in [3.05, 3.63) is 5.73 Å². The molecule has 0 aliphatic heterocycles. The fourth-order valence-corrected chi connectivity index (χ4v) is 0.500. The Morgan fingerprint density at radius 1 is 1.83 bits per heavy atom. The van der Waals surface area contributed by atoms with Crippen molar-refractivity contribution in [1.29, 1.82) is 0 Å². The maximum atomic E-state index is 7.03. The van der Waals surface area contributed by atoms with Gasteiger partial charge in [0.1, 0.15) is 0 Å². The number of hydrogen-bond acceptors (Lipinski definition) is 1. The molecule has 0 aliphatic carbocycles. The summed E-state index contributed by atoms with van der Waals surface area (Å²) in [5.74, 6) is 0. The summed E-state index contributed by atoms with van der Waals surface area (Å²) >= 11 is 1.59. The number of nitrogens with one attached hydrogen (secondary N) is 1. The largest absolute Gasteiger partial charge is 0.666 e. The molecule has 1 atom stereocenters. The molecule has 0 heterocycles. The molecular formula is C4H10NS-. The molecule has 0 aromatic carbocycles. The summed E-state index contributed by atoms with van der Waals surface area (Å²) in [5.41, 5.74) is 7.03. The quantitative estimate of drug-likeness (QED) is 0.526. The normalized spacial score (nSPS) is 14.5. The van der Waals surface area contributed by atoms with Crippen LogP contribution in [0.5, 0.6) is 0 Å². The van der Waals surface area contributed by atoms with Crippen molar-refractivity contribution in [2.24, 2.45) is 0 Å². The monoisotopic (exact) mass is 104 g/mol. The van der Waals surface area contributed by atoms with E-state index in [1.165, 1.54) is 0 Å². The van der Waals surface area contributed by atoms with Crippen LogP contribution in [0.2, 0.25) is 0 Å². The molecule has 0 saturated carbocycles. The van der Waals surface area contributed by atoms with Crippen LogP contribution >= 0.6 is 11.8 Å². The number of thioether (sulfide) groups is 1. The van der Waals surface area contributed by atoms with Gasteiger partial charge in [0.25, 0.3) is 0 Å². The highest BCUT2D eigenvalue weighted by atomic mass is 32.2. The van der Waals surface area contributed by atoms with Gasteiger partial charge in [-0.3, -0.25) is 0 Å². The fraction of sp³-hybridized carbons (Fsp3) is 1.00. The Bertz CT molecular complexity index is 26.7.